The fourth-order valence-electron chi connectivity index (χ4n) is 3.63. The van der Waals surface area contributed by atoms with Gasteiger partial charge in [0, 0.05) is 17.4 Å². The Morgan fingerprint density at radius 3 is 2.15 bits per heavy atom. The van der Waals surface area contributed by atoms with Crippen LogP contribution in [-0.2, 0) is 6.18 Å². The number of benzene rings is 2. The highest BCUT2D eigenvalue weighted by Crippen LogP contribution is 2.49. The third-order valence-corrected chi connectivity index (χ3v) is 5.44. The molecule has 0 bridgehead atoms. The van der Waals surface area contributed by atoms with Gasteiger partial charge in [-0.25, -0.2) is 8.78 Å². The highest BCUT2D eigenvalue weighted by Gasteiger charge is 2.39. The van der Waals surface area contributed by atoms with E-state index in [0.717, 1.165) is 24.4 Å². The van der Waals surface area contributed by atoms with Crippen LogP contribution in [0.2, 0.25) is 0 Å². The molecular formula is C24H15F8N3O4. The molecule has 15 heteroatoms. The van der Waals surface area contributed by atoms with E-state index in [1.165, 1.54) is 0 Å². The van der Waals surface area contributed by atoms with E-state index in [4.69, 9.17) is 10.5 Å². The molecule has 1 saturated carbocycles. The molecule has 0 unspecified atom stereocenters. The second kappa shape index (κ2) is 10.0. The zero-order chi connectivity index (χ0) is 28.7. The number of nitrogens with zero attached hydrogens (tertiary/aromatic N) is 1. The average molecular weight is 561 g/mol. The Morgan fingerprint density at radius 2 is 1.56 bits per heavy atom. The number of halogens is 8. The maximum absolute atomic E-state index is 15.1. The van der Waals surface area contributed by atoms with Crippen LogP contribution in [0, 0.1) is 11.6 Å². The van der Waals surface area contributed by atoms with Crippen LogP contribution in [0.15, 0.2) is 42.6 Å². The molecule has 0 atom stereocenters. The van der Waals surface area contributed by atoms with E-state index in [2.05, 4.69) is 15.0 Å². The topological polar surface area (TPSA) is 104 Å². The smallest absolute Gasteiger partial charge is 0.456 e. The first-order valence-electron chi connectivity index (χ1n) is 10.9. The number of rotatable bonds is 7. The van der Waals surface area contributed by atoms with Crippen molar-refractivity contribution in [2.45, 2.75) is 31.3 Å². The van der Waals surface area contributed by atoms with Gasteiger partial charge in [-0.05, 0) is 55.2 Å². The molecule has 1 fully saturated rings. The van der Waals surface area contributed by atoms with Crippen LogP contribution in [0.5, 0.6) is 17.2 Å². The van der Waals surface area contributed by atoms with Crippen molar-refractivity contribution >= 4 is 17.5 Å². The monoisotopic (exact) mass is 561 g/mol. The summed E-state index contributed by atoms with van der Waals surface area (Å²) in [5, 5.41) is 2.10. The molecule has 206 valence electrons. The summed E-state index contributed by atoms with van der Waals surface area (Å²) in [6.45, 7) is 0. The molecule has 7 nitrogen and oxygen atoms in total. The molecule has 0 spiro atoms. The molecule has 1 aromatic heterocycles. The quantitative estimate of drug-likeness (QED) is 0.330. The number of nitrogens with one attached hydrogen (secondary N) is 1. The Hall–Kier alpha value is -4.43. The van der Waals surface area contributed by atoms with Crippen molar-refractivity contribution < 1.29 is 54.2 Å². The lowest BCUT2D eigenvalue weighted by molar-refractivity contribution is -0.275. The summed E-state index contributed by atoms with van der Waals surface area (Å²) in [6.07, 6.45) is -8.70. The Kier molecular flexibility index (Phi) is 7.10. The molecule has 0 radical (unpaired) electrons. The first-order valence-corrected chi connectivity index (χ1v) is 10.9. The normalized spacial score (nSPS) is 13.6. The number of amides is 2. The number of pyridine rings is 1. The zero-order valence-corrected chi connectivity index (χ0v) is 19.2. The van der Waals surface area contributed by atoms with Gasteiger partial charge in [0.15, 0.2) is 17.4 Å². The molecule has 1 heterocycles. The lowest BCUT2D eigenvalue weighted by Gasteiger charge is -2.19. The third kappa shape index (κ3) is 6.18. The number of anilines is 1. The number of hydrogen-bond donors (Lipinski definition) is 2. The molecule has 1 aliphatic rings. The number of carbonyl (C=O) groups is 2. The summed E-state index contributed by atoms with van der Waals surface area (Å²) in [4.78, 5) is 27.9. The molecule has 3 aromatic rings. The van der Waals surface area contributed by atoms with Gasteiger partial charge in [0.05, 0.1) is 5.56 Å². The van der Waals surface area contributed by atoms with Gasteiger partial charge in [0.25, 0.3) is 11.8 Å². The molecule has 3 N–H and O–H groups in total. The SMILES string of the molecule is NC(=O)c1cc(NC(=O)c2c(Oc3ccc(OC(F)(F)F)c(F)c3C3CC3)ccc(C(F)(F)F)c2F)ccn1. The lowest BCUT2D eigenvalue weighted by atomic mass is 10.1. The van der Waals surface area contributed by atoms with E-state index in [1.807, 2.05) is 0 Å². The van der Waals surface area contributed by atoms with Gasteiger partial charge < -0.3 is 20.5 Å². The minimum atomic E-state index is -5.23. The van der Waals surface area contributed by atoms with E-state index in [-0.39, 0.29) is 23.0 Å². The van der Waals surface area contributed by atoms with Gasteiger partial charge in [-0.3, -0.25) is 14.6 Å². The summed E-state index contributed by atoms with van der Waals surface area (Å²) in [5.74, 6) is -8.96. The molecule has 1 aliphatic carbocycles. The summed E-state index contributed by atoms with van der Waals surface area (Å²) in [6, 6.07) is 4.44. The Morgan fingerprint density at radius 1 is 0.923 bits per heavy atom. The largest absolute Gasteiger partial charge is 0.573 e. The van der Waals surface area contributed by atoms with Gasteiger partial charge in [-0.2, -0.15) is 13.2 Å². The minimum Gasteiger partial charge on any atom is -0.456 e. The maximum atomic E-state index is 15.1. The lowest BCUT2D eigenvalue weighted by Crippen LogP contribution is -2.20. The predicted molar refractivity (Wildman–Crippen MR) is 117 cm³/mol. The van der Waals surface area contributed by atoms with Gasteiger partial charge in [-0.1, -0.05) is 0 Å². The fraction of sp³-hybridized carbons (Fsp3) is 0.208. The molecule has 0 saturated heterocycles. The molecule has 2 amide bonds. The van der Waals surface area contributed by atoms with Crippen LogP contribution in [0.25, 0.3) is 0 Å². The number of nitrogens with two attached hydrogens (primary N) is 1. The molecule has 0 aliphatic heterocycles. The molecule has 4 rings (SSSR count). The summed E-state index contributed by atoms with van der Waals surface area (Å²) < 4.78 is 117. The van der Waals surface area contributed by atoms with Gasteiger partial charge >= 0.3 is 12.5 Å². The van der Waals surface area contributed by atoms with Crippen LogP contribution in [-0.4, -0.2) is 23.2 Å². The van der Waals surface area contributed by atoms with Crippen molar-refractivity contribution in [2.75, 3.05) is 5.32 Å². The van der Waals surface area contributed by atoms with Crippen LogP contribution in [0.4, 0.5) is 40.8 Å². The van der Waals surface area contributed by atoms with E-state index >= 15 is 4.39 Å². The first kappa shape index (κ1) is 27.6. The second-order valence-electron chi connectivity index (χ2n) is 8.26. The summed E-state index contributed by atoms with van der Waals surface area (Å²) in [7, 11) is 0. The summed E-state index contributed by atoms with van der Waals surface area (Å²) >= 11 is 0. The molecule has 39 heavy (non-hydrogen) atoms. The number of primary amides is 1. The third-order valence-electron chi connectivity index (χ3n) is 5.44. The highest BCUT2D eigenvalue weighted by molar-refractivity contribution is 6.07. The van der Waals surface area contributed by atoms with Crippen LogP contribution >= 0.6 is 0 Å². The van der Waals surface area contributed by atoms with Gasteiger partial charge in [0.1, 0.15) is 22.8 Å². The Balaban J connectivity index is 1.78. The van der Waals surface area contributed by atoms with Crippen LogP contribution in [0.3, 0.4) is 0 Å². The highest BCUT2D eigenvalue weighted by atomic mass is 19.4. The summed E-state index contributed by atoms with van der Waals surface area (Å²) in [5.41, 5.74) is 1.14. The number of carbonyl (C=O) groups excluding carboxylic acids is 2. The van der Waals surface area contributed by atoms with Crippen molar-refractivity contribution in [3.8, 4) is 17.2 Å². The zero-order valence-electron chi connectivity index (χ0n) is 19.2. The Bertz CT molecular complexity index is 1450. The van der Waals surface area contributed by atoms with Crippen molar-refractivity contribution in [1.29, 1.82) is 0 Å². The van der Waals surface area contributed by atoms with E-state index < -0.39 is 70.3 Å². The van der Waals surface area contributed by atoms with Gasteiger partial charge in [0.2, 0.25) is 0 Å². The van der Waals surface area contributed by atoms with Crippen molar-refractivity contribution in [2.24, 2.45) is 5.73 Å². The molecule has 2 aromatic carbocycles. The second-order valence-corrected chi connectivity index (χ2v) is 8.26. The number of aromatic nitrogens is 1. The van der Waals surface area contributed by atoms with Crippen molar-refractivity contribution in [3.63, 3.8) is 0 Å². The van der Waals surface area contributed by atoms with Crippen LogP contribution in [0.1, 0.15) is 50.7 Å². The number of alkyl halides is 6. The fourth-order valence-corrected chi connectivity index (χ4v) is 3.63. The number of hydrogen-bond acceptors (Lipinski definition) is 5. The standard InChI is InChI=1S/C24H15F8N3O4/c25-19-12(23(27,28)29)3-4-15(18(19)22(37)35-11-7-8-34-13(9-11)21(33)36)38-14-5-6-16(39-24(30,31)32)20(26)17(14)10-1-2-10/h3-10H,1-2H2,(H2,33,36)(H,34,35,37). The van der Waals surface area contributed by atoms with E-state index in [1.54, 1.807) is 0 Å². The van der Waals surface area contributed by atoms with Crippen LogP contribution < -0.4 is 20.5 Å². The van der Waals surface area contributed by atoms with E-state index in [9.17, 15) is 40.3 Å². The molecular weight excluding hydrogens is 546 g/mol. The predicted octanol–water partition coefficient (Wildman–Crippen LogP) is 6.30. The van der Waals surface area contributed by atoms with E-state index in [0.29, 0.717) is 25.0 Å². The maximum Gasteiger partial charge on any atom is 0.573 e. The average Bonchev–Trinajstić information content (AvgIpc) is 3.64. The Labute approximate surface area is 213 Å². The number of ether oxygens (including phenoxy) is 2. The minimum absolute atomic E-state index is 0.190. The van der Waals surface area contributed by atoms with Gasteiger partial charge in [-0.15, -0.1) is 13.2 Å². The van der Waals surface area contributed by atoms with Crippen molar-refractivity contribution in [3.05, 3.63) is 76.6 Å². The van der Waals surface area contributed by atoms with Crippen molar-refractivity contribution in [1.82, 2.24) is 4.98 Å². The first-order chi connectivity index (χ1) is 18.2.